The number of aromatic nitrogens is 2. The van der Waals surface area contributed by atoms with Crippen molar-refractivity contribution in [3.63, 3.8) is 0 Å². The molecule has 2 saturated heterocycles. The van der Waals surface area contributed by atoms with E-state index in [0.29, 0.717) is 18.0 Å². The van der Waals surface area contributed by atoms with Crippen molar-refractivity contribution in [2.75, 3.05) is 36.4 Å². The van der Waals surface area contributed by atoms with Crippen LogP contribution in [-0.4, -0.2) is 47.1 Å². The lowest BCUT2D eigenvalue weighted by molar-refractivity contribution is 0.133. The zero-order valence-corrected chi connectivity index (χ0v) is 21.2. The number of rotatable bonds is 5. The highest BCUT2D eigenvalue weighted by Crippen LogP contribution is 2.40. The molecule has 38 heavy (non-hydrogen) atoms. The summed E-state index contributed by atoms with van der Waals surface area (Å²) in [6.07, 6.45) is 7.07. The number of anilines is 3. The molecule has 2 fully saturated rings. The van der Waals surface area contributed by atoms with Gasteiger partial charge in [-0.3, -0.25) is 4.90 Å². The predicted molar refractivity (Wildman–Crippen MR) is 143 cm³/mol. The van der Waals surface area contributed by atoms with Crippen molar-refractivity contribution in [2.45, 2.75) is 38.6 Å². The number of benzene rings is 2. The molecule has 0 bridgehead atoms. The fourth-order valence-corrected chi connectivity index (χ4v) is 5.66. The van der Waals surface area contributed by atoms with Crippen LogP contribution in [0.3, 0.4) is 0 Å². The lowest BCUT2D eigenvalue weighted by atomic mass is 9.99. The second-order valence-corrected chi connectivity index (χ2v) is 10.1. The largest absolute Gasteiger partial charge is 0.446 e. The Morgan fingerprint density at radius 2 is 1.95 bits per heavy atom. The van der Waals surface area contributed by atoms with Crippen LogP contribution in [0.15, 0.2) is 42.2 Å². The summed E-state index contributed by atoms with van der Waals surface area (Å²) in [6, 6.07) is 9.66. The second kappa shape index (κ2) is 10.0. The number of fused-ring (bicyclic) bond motifs is 2. The van der Waals surface area contributed by atoms with E-state index in [1.165, 1.54) is 32.1 Å². The Labute approximate surface area is 220 Å². The Bertz CT molecular complexity index is 1450. The zero-order valence-electron chi connectivity index (χ0n) is 21.2. The third-order valence-corrected chi connectivity index (χ3v) is 7.61. The number of hydrogen-bond donors (Lipinski definition) is 1. The minimum Gasteiger partial charge on any atom is -0.446 e. The van der Waals surface area contributed by atoms with Crippen LogP contribution in [0.25, 0.3) is 10.9 Å². The summed E-state index contributed by atoms with van der Waals surface area (Å²) in [7, 11) is 0. The Hall–Kier alpha value is -4.03. The van der Waals surface area contributed by atoms with Crippen molar-refractivity contribution in [1.29, 1.82) is 0 Å². The summed E-state index contributed by atoms with van der Waals surface area (Å²) in [5, 5.41) is 3.15. The summed E-state index contributed by atoms with van der Waals surface area (Å²) >= 11 is 0. The maximum Gasteiger partial charge on any atom is 0.288 e. The molecule has 1 unspecified atom stereocenters. The van der Waals surface area contributed by atoms with E-state index in [2.05, 4.69) is 42.1 Å². The van der Waals surface area contributed by atoms with Gasteiger partial charge in [0.1, 0.15) is 18.0 Å². The first-order valence-electron chi connectivity index (χ1n) is 12.9. The van der Waals surface area contributed by atoms with Crippen molar-refractivity contribution in [3.05, 3.63) is 76.4 Å². The highest BCUT2D eigenvalue weighted by atomic mass is 19.1. The van der Waals surface area contributed by atoms with Crippen LogP contribution >= 0.6 is 0 Å². The van der Waals surface area contributed by atoms with Gasteiger partial charge >= 0.3 is 0 Å². The van der Waals surface area contributed by atoms with E-state index in [1.807, 2.05) is 19.1 Å². The summed E-state index contributed by atoms with van der Waals surface area (Å²) in [6.45, 7) is 13.8. The van der Waals surface area contributed by atoms with Gasteiger partial charge in [0.15, 0.2) is 11.6 Å². The third kappa shape index (κ3) is 4.56. The first-order valence-corrected chi connectivity index (χ1v) is 12.9. The molecule has 1 aromatic heterocycles. The zero-order chi connectivity index (χ0) is 26.2. The Kier molecular flexibility index (Phi) is 6.42. The van der Waals surface area contributed by atoms with E-state index < -0.39 is 11.6 Å². The van der Waals surface area contributed by atoms with Crippen LogP contribution in [0.4, 0.5) is 31.7 Å². The van der Waals surface area contributed by atoms with Gasteiger partial charge in [0.05, 0.1) is 6.57 Å². The molecule has 3 aromatic rings. The molecule has 0 amide bonds. The lowest BCUT2D eigenvalue weighted by Crippen LogP contribution is -2.54. The van der Waals surface area contributed by atoms with Crippen LogP contribution in [0, 0.1) is 18.2 Å². The van der Waals surface area contributed by atoms with Crippen LogP contribution in [-0.2, 0) is 6.42 Å². The van der Waals surface area contributed by atoms with Crippen molar-refractivity contribution >= 4 is 29.0 Å². The average Bonchev–Trinajstić information content (AvgIpc) is 3.34. The van der Waals surface area contributed by atoms with Crippen molar-refractivity contribution in [2.24, 2.45) is 0 Å². The van der Waals surface area contributed by atoms with Gasteiger partial charge in [-0.15, -0.1) is 0 Å². The number of hydrogen-bond acceptors (Lipinski definition) is 6. The molecule has 1 aliphatic carbocycles. The highest BCUT2D eigenvalue weighted by molar-refractivity contribution is 5.76. The highest BCUT2D eigenvalue weighted by Gasteiger charge is 2.29. The number of ether oxygens (including phenoxy) is 1. The van der Waals surface area contributed by atoms with E-state index >= 15 is 4.39 Å². The van der Waals surface area contributed by atoms with Crippen LogP contribution in [0.2, 0.25) is 0 Å². The number of piperidine rings is 1. The topological polar surface area (TPSA) is 57.9 Å². The summed E-state index contributed by atoms with van der Waals surface area (Å²) in [5.41, 5.74) is 3.25. The molecule has 9 heteroatoms. The normalized spacial score (nSPS) is 18.8. The molecule has 3 heterocycles. The molecule has 0 saturated carbocycles. The van der Waals surface area contributed by atoms with Crippen molar-refractivity contribution in [3.8, 4) is 11.6 Å². The maximum atomic E-state index is 15.1. The monoisotopic (exact) mass is 514 g/mol. The van der Waals surface area contributed by atoms with E-state index in [0.717, 1.165) is 42.6 Å². The SMILES string of the molecule is [C-]#[N+]c1c(Nc2ccc(N3CCN4CCCCC4C3)cc2)ncnc1Oc1cc(F)c2c(c1F)C=C(C)C2. The smallest absolute Gasteiger partial charge is 0.288 e. The third-order valence-electron chi connectivity index (χ3n) is 7.61. The first kappa shape index (κ1) is 24.3. The first-order chi connectivity index (χ1) is 18.5. The van der Waals surface area contributed by atoms with Crippen LogP contribution < -0.4 is 15.0 Å². The number of nitrogens with one attached hydrogen (secondary N) is 1. The molecule has 2 aromatic carbocycles. The van der Waals surface area contributed by atoms with E-state index in [1.54, 1.807) is 6.08 Å². The van der Waals surface area contributed by atoms with Gasteiger partial charge in [-0.1, -0.05) is 18.1 Å². The number of nitrogens with zero attached hydrogens (tertiary/aromatic N) is 5. The van der Waals surface area contributed by atoms with Crippen LogP contribution in [0.5, 0.6) is 11.6 Å². The van der Waals surface area contributed by atoms with Gasteiger partial charge in [-0.05, 0) is 57.0 Å². The summed E-state index contributed by atoms with van der Waals surface area (Å²) in [5.74, 6) is -1.45. The molecule has 2 aliphatic heterocycles. The van der Waals surface area contributed by atoms with Gasteiger partial charge in [0, 0.05) is 54.2 Å². The molecule has 194 valence electrons. The van der Waals surface area contributed by atoms with E-state index in [9.17, 15) is 4.39 Å². The molecule has 1 N–H and O–H groups in total. The number of piperazine rings is 1. The summed E-state index contributed by atoms with van der Waals surface area (Å²) in [4.78, 5) is 16.8. The molecule has 0 spiro atoms. The van der Waals surface area contributed by atoms with Crippen molar-refractivity contribution < 1.29 is 13.5 Å². The van der Waals surface area contributed by atoms with Crippen LogP contribution in [0.1, 0.15) is 37.3 Å². The van der Waals surface area contributed by atoms with E-state index in [4.69, 9.17) is 11.3 Å². The molecule has 6 rings (SSSR count). The standard InChI is InChI=1S/C29H28F2N6O/c1-18-13-22-23(14-18)26(31)25(15-24(22)30)38-29-27(32-2)28(33-17-34-29)35-19-6-8-20(9-7-19)37-12-11-36-10-4-3-5-21(36)16-37/h6-9,14-15,17,21H,3-5,10-13,16H2,1H3,(H,33,34,35). The minimum atomic E-state index is -0.674. The Morgan fingerprint density at radius 1 is 1.11 bits per heavy atom. The van der Waals surface area contributed by atoms with Gasteiger partial charge in [0.25, 0.3) is 5.69 Å². The fourth-order valence-electron chi connectivity index (χ4n) is 5.66. The number of halogens is 2. The average molecular weight is 515 g/mol. The molecule has 1 atom stereocenters. The summed E-state index contributed by atoms with van der Waals surface area (Å²) < 4.78 is 35.3. The quantitative estimate of drug-likeness (QED) is 0.394. The minimum absolute atomic E-state index is 0.0166. The molecule has 7 nitrogen and oxygen atoms in total. The van der Waals surface area contributed by atoms with Gasteiger partial charge in [-0.25, -0.2) is 23.6 Å². The second-order valence-electron chi connectivity index (χ2n) is 10.1. The van der Waals surface area contributed by atoms with Crippen molar-refractivity contribution in [1.82, 2.24) is 14.9 Å². The molecular weight excluding hydrogens is 486 g/mol. The maximum absolute atomic E-state index is 15.1. The van der Waals surface area contributed by atoms with Gasteiger partial charge in [-0.2, -0.15) is 0 Å². The van der Waals surface area contributed by atoms with Gasteiger partial charge < -0.3 is 15.0 Å². The Morgan fingerprint density at radius 3 is 2.76 bits per heavy atom. The molecule has 0 radical (unpaired) electrons. The van der Waals surface area contributed by atoms with Gasteiger partial charge in [0.2, 0.25) is 5.88 Å². The lowest BCUT2D eigenvalue weighted by Gasteiger charge is -2.45. The molecular formula is C29H28F2N6O. The fraction of sp³-hybridized carbons (Fsp3) is 0.345. The number of allylic oxidation sites excluding steroid dienone is 1. The van der Waals surface area contributed by atoms with E-state index in [-0.39, 0.29) is 28.7 Å². The Balaban J connectivity index is 1.20. The molecule has 3 aliphatic rings. The predicted octanol–water partition coefficient (Wildman–Crippen LogP) is 6.48.